The molecule has 0 aliphatic carbocycles. The summed E-state index contributed by atoms with van der Waals surface area (Å²) in [6, 6.07) is 7.98. The maximum atomic E-state index is 10.0. The second kappa shape index (κ2) is 14.9. The van der Waals surface area contributed by atoms with Crippen LogP contribution in [-0.4, -0.2) is 68.6 Å². The number of halogens is 1. The van der Waals surface area contributed by atoms with Crippen molar-refractivity contribution in [3.63, 3.8) is 0 Å². The molecule has 1 atom stereocenters. The molecule has 6 nitrogen and oxygen atoms in total. The van der Waals surface area contributed by atoms with E-state index in [2.05, 4.69) is 24.2 Å². The van der Waals surface area contributed by atoms with Gasteiger partial charge in [0.1, 0.15) is 12.4 Å². The summed E-state index contributed by atoms with van der Waals surface area (Å²) < 4.78 is 11.3. The van der Waals surface area contributed by atoms with E-state index in [9.17, 15) is 5.11 Å². The first-order valence-electron chi connectivity index (χ1n) is 9.37. The molecule has 0 radical (unpaired) electrons. The minimum Gasteiger partial charge on any atom is -0.491 e. The summed E-state index contributed by atoms with van der Waals surface area (Å²) in [6.07, 6.45) is -0.598. The van der Waals surface area contributed by atoms with E-state index in [0.717, 1.165) is 23.8 Å². The number of ether oxygens (including phenoxy) is 2. The van der Waals surface area contributed by atoms with E-state index in [0.29, 0.717) is 38.8 Å². The van der Waals surface area contributed by atoms with Crippen molar-refractivity contribution in [1.82, 2.24) is 10.2 Å². The highest BCUT2D eigenvalue weighted by molar-refractivity contribution is 14.0. The molecule has 0 spiro atoms. The minimum absolute atomic E-state index is 0. The van der Waals surface area contributed by atoms with Gasteiger partial charge in [-0.15, -0.1) is 24.0 Å². The molecule has 0 aliphatic rings. The number of nitrogens with zero attached hydrogens (tertiary/aromatic N) is 2. The second-order valence-corrected chi connectivity index (χ2v) is 6.82. The number of aliphatic hydroxyl groups is 1. The molecule has 0 saturated carbocycles. The number of rotatable bonds is 11. The number of para-hydroxylation sites is 1. The van der Waals surface area contributed by atoms with Crippen molar-refractivity contribution < 1.29 is 14.6 Å². The van der Waals surface area contributed by atoms with Gasteiger partial charge in [0.15, 0.2) is 5.96 Å². The van der Waals surface area contributed by atoms with Crippen LogP contribution in [0.3, 0.4) is 0 Å². The van der Waals surface area contributed by atoms with Gasteiger partial charge in [0.25, 0.3) is 0 Å². The number of aliphatic imine (C=N–C) groups is 1. The largest absolute Gasteiger partial charge is 0.491 e. The number of likely N-dealkylation sites (N-methyl/N-ethyl adjacent to an activating group) is 1. The van der Waals surface area contributed by atoms with Gasteiger partial charge in [-0.1, -0.05) is 32.0 Å². The Morgan fingerprint density at radius 1 is 1.26 bits per heavy atom. The van der Waals surface area contributed by atoms with Gasteiger partial charge in [-0.2, -0.15) is 0 Å². The minimum atomic E-state index is -0.598. The molecule has 7 heteroatoms. The lowest BCUT2D eigenvalue weighted by Crippen LogP contribution is -2.41. The Morgan fingerprint density at radius 3 is 2.59 bits per heavy atom. The van der Waals surface area contributed by atoms with Gasteiger partial charge in [0, 0.05) is 20.2 Å². The summed E-state index contributed by atoms with van der Waals surface area (Å²) in [5.74, 6) is 2.12. The fourth-order valence-corrected chi connectivity index (χ4v) is 2.27. The van der Waals surface area contributed by atoms with Crippen LogP contribution >= 0.6 is 24.0 Å². The maximum absolute atomic E-state index is 10.0. The van der Waals surface area contributed by atoms with Crippen LogP contribution in [0.25, 0.3) is 0 Å². The zero-order chi connectivity index (χ0) is 19.4. The van der Waals surface area contributed by atoms with Crippen LogP contribution < -0.4 is 10.1 Å². The molecular weight excluding hydrogens is 457 g/mol. The molecule has 1 unspecified atom stereocenters. The third-order valence-electron chi connectivity index (χ3n) is 3.69. The Balaban J connectivity index is 0.00000676. The van der Waals surface area contributed by atoms with Crippen molar-refractivity contribution in [2.24, 2.45) is 10.9 Å². The van der Waals surface area contributed by atoms with E-state index in [1.807, 2.05) is 50.1 Å². The number of hydrogen-bond acceptors (Lipinski definition) is 4. The predicted molar refractivity (Wildman–Crippen MR) is 122 cm³/mol. The van der Waals surface area contributed by atoms with Crippen LogP contribution in [-0.2, 0) is 4.74 Å². The number of aliphatic hydroxyl groups excluding tert-OH is 1. The lowest BCUT2D eigenvalue weighted by atomic mass is 10.2. The Hall–Kier alpha value is -1.06. The average Bonchev–Trinajstić information content (AvgIpc) is 2.59. The molecule has 2 N–H and O–H groups in total. The third-order valence-corrected chi connectivity index (χ3v) is 3.69. The van der Waals surface area contributed by atoms with Crippen molar-refractivity contribution in [2.75, 3.05) is 46.5 Å². The molecule has 0 amide bonds. The van der Waals surface area contributed by atoms with Gasteiger partial charge >= 0.3 is 0 Å². The molecule has 0 aromatic heterocycles. The van der Waals surface area contributed by atoms with Crippen molar-refractivity contribution >= 4 is 29.9 Å². The average molecular weight is 493 g/mol. The molecule has 1 aromatic rings. The topological polar surface area (TPSA) is 66.3 Å². The number of aryl methyl sites for hydroxylation is 1. The van der Waals surface area contributed by atoms with Crippen molar-refractivity contribution in [3.05, 3.63) is 29.8 Å². The first-order valence-corrected chi connectivity index (χ1v) is 9.37. The second-order valence-electron chi connectivity index (χ2n) is 6.82. The Kier molecular flexibility index (Phi) is 14.3. The van der Waals surface area contributed by atoms with E-state index in [4.69, 9.17) is 9.47 Å². The van der Waals surface area contributed by atoms with Gasteiger partial charge < -0.3 is 24.8 Å². The van der Waals surface area contributed by atoms with E-state index < -0.39 is 6.10 Å². The molecule has 0 aliphatic heterocycles. The van der Waals surface area contributed by atoms with Crippen LogP contribution in [0.4, 0.5) is 0 Å². The highest BCUT2D eigenvalue weighted by Gasteiger charge is 2.09. The van der Waals surface area contributed by atoms with Crippen molar-refractivity contribution in [2.45, 2.75) is 33.8 Å². The van der Waals surface area contributed by atoms with Gasteiger partial charge in [0.05, 0.1) is 25.8 Å². The SMILES string of the molecule is CCNC(=NCC(O)COCC(C)C)N(C)CCOc1ccccc1C.I. The fraction of sp³-hybridized carbons (Fsp3) is 0.650. The first kappa shape index (κ1) is 25.9. The number of nitrogens with one attached hydrogen (secondary N) is 1. The van der Waals surface area contributed by atoms with Crippen LogP contribution in [0, 0.1) is 12.8 Å². The lowest BCUT2D eigenvalue weighted by Gasteiger charge is -2.23. The highest BCUT2D eigenvalue weighted by Crippen LogP contribution is 2.15. The lowest BCUT2D eigenvalue weighted by molar-refractivity contribution is 0.0300. The zero-order valence-corrected chi connectivity index (χ0v) is 19.6. The van der Waals surface area contributed by atoms with Gasteiger partial charge in [-0.25, -0.2) is 0 Å². The van der Waals surface area contributed by atoms with E-state index in [1.54, 1.807) is 0 Å². The quantitative estimate of drug-likeness (QED) is 0.282. The Labute approximate surface area is 181 Å². The smallest absolute Gasteiger partial charge is 0.193 e. The van der Waals surface area contributed by atoms with Crippen LogP contribution in [0.15, 0.2) is 29.3 Å². The molecule has 156 valence electrons. The van der Waals surface area contributed by atoms with Gasteiger partial charge in [-0.05, 0) is 31.4 Å². The molecule has 0 saturated heterocycles. The standard InChI is InChI=1S/C20H35N3O3.HI/c1-6-21-20(22-13-18(24)15-25-14-16(2)3)23(5)11-12-26-19-10-8-7-9-17(19)4;/h7-10,16,18,24H,6,11-15H2,1-5H3,(H,21,22);1H. The number of hydrogen-bond donors (Lipinski definition) is 2. The summed E-state index contributed by atoms with van der Waals surface area (Å²) in [6.45, 7) is 11.5. The summed E-state index contributed by atoms with van der Waals surface area (Å²) in [5.41, 5.74) is 1.13. The molecular formula is C20H36IN3O3. The molecule has 27 heavy (non-hydrogen) atoms. The Morgan fingerprint density at radius 2 is 1.96 bits per heavy atom. The summed E-state index contributed by atoms with van der Waals surface area (Å²) >= 11 is 0. The third kappa shape index (κ3) is 11.4. The normalized spacial score (nSPS) is 12.5. The predicted octanol–water partition coefficient (Wildman–Crippen LogP) is 2.92. The maximum Gasteiger partial charge on any atom is 0.193 e. The van der Waals surface area contributed by atoms with Gasteiger partial charge in [-0.3, -0.25) is 4.99 Å². The van der Waals surface area contributed by atoms with Crippen LogP contribution in [0.2, 0.25) is 0 Å². The van der Waals surface area contributed by atoms with E-state index >= 15 is 0 Å². The monoisotopic (exact) mass is 493 g/mol. The molecule has 0 heterocycles. The zero-order valence-electron chi connectivity index (χ0n) is 17.3. The fourth-order valence-electron chi connectivity index (χ4n) is 2.27. The van der Waals surface area contributed by atoms with E-state index in [-0.39, 0.29) is 24.0 Å². The van der Waals surface area contributed by atoms with Crippen molar-refractivity contribution in [3.8, 4) is 5.75 Å². The highest BCUT2D eigenvalue weighted by atomic mass is 127. The molecule has 1 rings (SSSR count). The summed E-state index contributed by atoms with van der Waals surface area (Å²) in [4.78, 5) is 6.50. The van der Waals surface area contributed by atoms with Crippen molar-refractivity contribution in [1.29, 1.82) is 0 Å². The molecule has 0 bridgehead atoms. The van der Waals surface area contributed by atoms with Gasteiger partial charge in [0.2, 0.25) is 0 Å². The van der Waals surface area contributed by atoms with Crippen LogP contribution in [0.5, 0.6) is 5.75 Å². The Bertz CT molecular complexity index is 541. The first-order chi connectivity index (χ1) is 12.4. The summed E-state index contributed by atoms with van der Waals surface area (Å²) in [7, 11) is 1.96. The number of benzene rings is 1. The molecule has 0 fully saturated rings. The number of guanidine groups is 1. The van der Waals surface area contributed by atoms with E-state index in [1.165, 1.54) is 0 Å². The summed E-state index contributed by atoms with van der Waals surface area (Å²) in [5, 5.41) is 13.3. The molecule has 1 aromatic carbocycles. The van der Waals surface area contributed by atoms with Crippen LogP contribution in [0.1, 0.15) is 26.3 Å².